The number of aryl methyl sites for hydroxylation is 1. The average Bonchev–Trinajstić information content (AvgIpc) is 2.71. The number of carbonyl (C=O) groups excluding carboxylic acids is 2. The molecule has 3 aromatic carbocycles. The van der Waals surface area contributed by atoms with Gasteiger partial charge in [0, 0.05) is 17.8 Å². The van der Waals surface area contributed by atoms with Crippen molar-refractivity contribution >= 4 is 40.7 Å². The molecule has 3 aromatic rings. The number of benzene rings is 3. The first kappa shape index (κ1) is 20.9. The van der Waals surface area contributed by atoms with E-state index in [-0.39, 0.29) is 18.2 Å². The molecule has 148 valence electrons. The lowest BCUT2D eigenvalue weighted by Crippen LogP contribution is -2.23. The molecule has 2 amide bonds. The maximum absolute atomic E-state index is 12.5. The summed E-state index contributed by atoms with van der Waals surface area (Å²) in [5.41, 5.74) is 3.72. The summed E-state index contributed by atoms with van der Waals surface area (Å²) >= 11 is 11.9. The van der Waals surface area contributed by atoms with Crippen molar-refractivity contribution in [1.29, 1.82) is 0 Å². The zero-order chi connectivity index (χ0) is 20.8. The zero-order valence-corrected chi connectivity index (χ0v) is 17.3. The van der Waals surface area contributed by atoms with Crippen LogP contribution in [-0.2, 0) is 17.8 Å². The minimum Gasteiger partial charge on any atom is -0.348 e. The summed E-state index contributed by atoms with van der Waals surface area (Å²) in [7, 11) is 0. The van der Waals surface area contributed by atoms with Gasteiger partial charge >= 0.3 is 0 Å². The minimum absolute atomic E-state index is 0.154. The Labute approximate surface area is 179 Å². The second-order valence-electron chi connectivity index (χ2n) is 6.67. The van der Waals surface area contributed by atoms with Crippen LogP contribution in [0.1, 0.15) is 27.0 Å². The van der Waals surface area contributed by atoms with Crippen molar-refractivity contribution in [2.75, 3.05) is 5.32 Å². The highest BCUT2D eigenvalue weighted by Crippen LogP contribution is 2.23. The number of rotatable bonds is 6. The molecule has 0 aromatic heterocycles. The third-order valence-electron chi connectivity index (χ3n) is 4.42. The first-order chi connectivity index (χ1) is 13.9. The fourth-order valence-electron chi connectivity index (χ4n) is 2.81. The van der Waals surface area contributed by atoms with E-state index in [4.69, 9.17) is 23.2 Å². The highest BCUT2D eigenvalue weighted by atomic mass is 35.5. The van der Waals surface area contributed by atoms with Crippen LogP contribution in [0.2, 0.25) is 10.0 Å². The number of hydrogen-bond donors (Lipinski definition) is 2. The quantitative estimate of drug-likeness (QED) is 0.553. The van der Waals surface area contributed by atoms with E-state index in [1.165, 1.54) is 0 Å². The molecular formula is C23H20Cl2N2O2. The van der Waals surface area contributed by atoms with Gasteiger partial charge in [-0.15, -0.1) is 0 Å². The van der Waals surface area contributed by atoms with Crippen LogP contribution in [0.15, 0.2) is 66.7 Å². The molecule has 0 unspecified atom stereocenters. The van der Waals surface area contributed by atoms with Crippen molar-refractivity contribution in [3.63, 3.8) is 0 Å². The van der Waals surface area contributed by atoms with E-state index in [9.17, 15) is 9.59 Å². The highest BCUT2D eigenvalue weighted by molar-refractivity contribution is 6.42. The maximum atomic E-state index is 12.5. The normalized spacial score (nSPS) is 10.4. The van der Waals surface area contributed by atoms with Crippen LogP contribution < -0.4 is 10.6 Å². The molecule has 29 heavy (non-hydrogen) atoms. The lowest BCUT2D eigenvalue weighted by molar-refractivity contribution is -0.115. The second kappa shape index (κ2) is 9.59. The minimum atomic E-state index is -0.201. The van der Waals surface area contributed by atoms with Gasteiger partial charge in [-0.05, 0) is 47.9 Å². The van der Waals surface area contributed by atoms with E-state index in [0.29, 0.717) is 27.8 Å². The molecule has 0 heterocycles. The Balaban J connectivity index is 1.65. The Bertz CT molecular complexity index is 1040. The summed E-state index contributed by atoms with van der Waals surface area (Å²) in [5, 5.41) is 6.61. The Hall–Kier alpha value is -2.82. The van der Waals surface area contributed by atoms with Crippen molar-refractivity contribution in [2.24, 2.45) is 0 Å². The predicted octanol–water partition coefficient (Wildman–Crippen LogP) is 5.41. The van der Waals surface area contributed by atoms with Crippen LogP contribution >= 0.6 is 23.2 Å². The van der Waals surface area contributed by atoms with Crippen LogP contribution in [-0.4, -0.2) is 11.8 Å². The number of amides is 2. The molecule has 0 aliphatic heterocycles. The largest absolute Gasteiger partial charge is 0.348 e. The summed E-state index contributed by atoms with van der Waals surface area (Å²) in [5.74, 6) is -0.401. The van der Waals surface area contributed by atoms with E-state index in [1.54, 1.807) is 30.3 Å². The van der Waals surface area contributed by atoms with Crippen LogP contribution in [0.25, 0.3) is 0 Å². The summed E-state index contributed by atoms with van der Waals surface area (Å²) in [6, 6.07) is 20.0. The number of halogens is 2. The number of carbonyl (C=O) groups is 2. The van der Waals surface area contributed by atoms with Gasteiger partial charge in [-0.1, -0.05) is 65.7 Å². The molecule has 0 aliphatic rings. The third-order valence-corrected chi connectivity index (χ3v) is 5.16. The van der Waals surface area contributed by atoms with Crippen LogP contribution in [0.4, 0.5) is 5.69 Å². The molecule has 0 fully saturated rings. The van der Waals surface area contributed by atoms with Gasteiger partial charge in [0.05, 0.1) is 16.5 Å². The smallest absolute Gasteiger partial charge is 0.251 e. The van der Waals surface area contributed by atoms with E-state index in [0.717, 1.165) is 16.7 Å². The number of hydrogen-bond acceptors (Lipinski definition) is 2. The Kier molecular flexibility index (Phi) is 6.91. The van der Waals surface area contributed by atoms with Gasteiger partial charge in [0.2, 0.25) is 5.91 Å². The standard InChI is InChI=1S/C23H20Cl2N2O2/c1-15-7-9-18(23(29)26-14-16-5-3-2-4-6-16)13-21(15)27-22(28)12-17-8-10-19(24)20(25)11-17/h2-11,13H,12,14H2,1H3,(H,26,29)(H,27,28). The van der Waals surface area contributed by atoms with Crippen LogP contribution in [0.5, 0.6) is 0 Å². The molecule has 0 saturated carbocycles. The van der Waals surface area contributed by atoms with Gasteiger partial charge in [0.15, 0.2) is 0 Å². The van der Waals surface area contributed by atoms with E-state index in [2.05, 4.69) is 10.6 Å². The Morgan fingerprint density at radius 3 is 2.34 bits per heavy atom. The predicted molar refractivity (Wildman–Crippen MR) is 118 cm³/mol. The first-order valence-corrected chi connectivity index (χ1v) is 9.84. The van der Waals surface area contributed by atoms with Gasteiger partial charge < -0.3 is 10.6 Å². The number of nitrogens with one attached hydrogen (secondary N) is 2. The molecule has 0 aliphatic carbocycles. The van der Waals surface area contributed by atoms with E-state index >= 15 is 0 Å². The van der Waals surface area contributed by atoms with Crippen molar-refractivity contribution in [2.45, 2.75) is 19.9 Å². The fourth-order valence-corrected chi connectivity index (χ4v) is 3.13. The highest BCUT2D eigenvalue weighted by Gasteiger charge is 2.11. The van der Waals surface area contributed by atoms with Crippen molar-refractivity contribution < 1.29 is 9.59 Å². The molecule has 0 atom stereocenters. The SMILES string of the molecule is Cc1ccc(C(=O)NCc2ccccc2)cc1NC(=O)Cc1ccc(Cl)c(Cl)c1. The second-order valence-corrected chi connectivity index (χ2v) is 7.49. The zero-order valence-electron chi connectivity index (χ0n) is 15.8. The topological polar surface area (TPSA) is 58.2 Å². The fraction of sp³-hybridized carbons (Fsp3) is 0.130. The summed E-state index contributed by atoms with van der Waals surface area (Å²) in [6.07, 6.45) is 0.154. The Morgan fingerprint density at radius 1 is 0.862 bits per heavy atom. The van der Waals surface area contributed by atoms with Crippen molar-refractivity contribution in [3.8, 4) is 0 Å². The van der Waals surface area contributed by atoms with Crippen molar-refractivity contribution in [3.05, 3.63) is 99.0 Å². The monoisotopic (exact) mass is 426 g/mol. The first-order valence-electron chi connectivity index (χ1n) is 9.09. The van der Waals surface area contributed by atoms with Gasteiger partial charge in [-0.3, -0.25) is 9.59 Å². The van der Waals surface area contributed by atoms with E-state index < -0.39 is 0 Å². The molecule has 0 radical (unpaired) electrons. The molecular weight excluding hydrogens is 407 g/mol. The molecule has 0 spiro atoms. The summed E-state index contributed by atoms with van der Waals surface area (Å²) < 4.78 is 0. The maximum Gasteiger partial charge on any atom is 0.251 e. The number of anilines is 1. The van der Waals surface area contributed by atoms with E-state index in [1.807, 2.05) is 43.3 Å². The Morgan fingerprint density at radius 2 is 1.62 bits per heavy atom. The van der Waals surface area contributed by atoms with Gasteiger partial charge in [0.1, 0.15) is 0 Å². The summed E-state index contributed by atoms with van der Waals surface area (Å²) in [6.45, 7) is 2.31. The van der Waals surface area contributed by atoms with Crippen molar-refractivity contribution in [1.82, 2.24) is 5.32 Å². The summed E-state index contributed by atoms with van der Waals surface area (Å²) in [4.78, 5) is 24.9. The van der Waals surface area contributed by atoms with Gasteiger partial charge in [-0.25, -0.2) is 0 Å². The molecule has 2 N–H and O–H groups in total. The average molecular weight is 427 g/mol. The van der Waals surface area contributed by atoms with Crippen LogP contribution in [0.3, 0.4) is 0 Å². The lowest BCUT2D eigenvalue weighted by Gasteiger charge is -2.11. The lowest BCUT2D eigenvalue weighted by atomic mass is 10.1. The van der Waals surface area contributed by atoms with Gasteiger partial charge in [-0.2, -0.15) is 0 Å². The molecule has 0 bridgehead atoms. The third kappa shape index (κ3) is 5.83. The molecule has 6 heteroatoms. The molecule has 3 rings (SSSR count). The molecule has 0 saturated heterocycles. The van der Waals surface area contributed by atoms with Gasteiger partial charge in [0.25, 0.3) is 5.91 Å². The molecule has 4 nitrogen and oxygen atoms in total. The van der Waals surface area contributed by atoms with Crippen LogP contribution in [0, 0.1) is 6.92 Å².